The van der Waals surface area contributed by atoms with Crippen LogP contribution in [0.15, 0.2) is 12.7 Å². The number of nitro groups is 1. The molecule has 2 saturated heterocycles. The number of nitrogens with zero attached hydrogens (tertiary/aromatic N) is 1. The van der Waals surface area contributed by atoms with E-state index in [1.54, 1.807) is 13.0 Å². The van der Waals surface area contributed by atoms with E-state index in [1.165, 1.54) is 32.1 Å². The molecule has 7 unspecified atom stereocenters. The van der Waals surface area contributed by atoms with E-state index in [1.807, 2.05) is 0 Å². The minimum atomic E-state index is -1.01. The fourth-order valence-electron chi connectivity index (χ4n) is 7.60. The summed E-state index contributed by atoms with van der Waals surface area (Å²) in [4.78, 5) is 37.2. The minimum Gasteiger partial charge on any atom is -0.464 e. The van der Waals surface area contributed by atoms with E-state index >= 15 is 0 Å². The molecule has 0 spiro atoms. The van der Waals surface area contributed by atoms with E-state index in [0.717, 1.165) is 12.8 Å². The maximum Gasteiger partial charge on any atom is 0.332 e. The predicted octanol–water partition coefficient (Wildman–Crippen LogP) is 2.48. The van der Waals surface area contributed by atoms with E-state index in [4.69, 9.17) is 9.47 Å². The summed E-state index contributed by atoms with van der Waals surface area (Å²) in [6.07, 6.45) is 11.7. The van der Waals surface area contributed by atoms with Crippen molar-refractivity contribution in [3.05, 3.63) is 22.8 Å². The molecule has 5 fully saturated rings. The summed E-state index contributed by atoms with van der Waals surface area (Å²) in [6.45, 7) is 6.35. The number of piperidine rings is 1. The molecule has 3 aliphatic carbocycles. The van der Waals surface area contributed by atoms with Gasteiger partial charge in [0.15, 0.2) is 0 Å². The molecule has 3 N–H and O–H groups in total. The Labute approximate surface area is 225 Å². The van der Waals surface area contributed by atoms with Crippen LogP contribution in [0.25, 0.3) is 0 Å². The van der Waals surface area contributed by atoms with Gasteiger partial charge in [0.1, 0.15) is 5.54 Å². The van der Waals surface area contributed by atoms with Gasteiger partial charge < -0.3 is 25.4 Å². The van der Waals surface area contributed by atoms with Crippen molar-refractivity contribution in [1.82, 2.24) is 16.0 Å². The van der Waals surface area contributed by atoms with Gasteiger partial charge in [-0.2, -0.15) is 0 Å². The lowest BCUT2D eigenvalue weighted by Gasteiger charge is -2.48. The first kappa shape index (κ1) is 27.5. The molecule has 2 heterocycles. The first-order valence-corrected chi connectivity index (χ1v) is 14.7. The smallest absolute Gasteiger partial charge is 0.332 e. The van der Waals surface area contributed by atoms with Gasteiger partial charge in [0.25, 0.3) is 0 Å². The Bertz CT molecular complexity index is 910. The molecular weight excluding hydrogens is 488 g/mol. The van der Waals surface area contributed by atoms with Crippen molar-refractivity contribution in [1.29, 1.82) is 0 Å². The number of hydrogen-bond donors (Lipinski definition) is 3. The number of esters is 1. The zero-order valence-corrected chi connectivity index (χ0v) is 22.6. The van der Waals surface area contributed by atoms with Crippen molar-refractivity contribution >= 4 is 11.9 Å². The summed E-state index contributed by atoms with van der Waals surface area (Å²) in [5.41, 5.74) is -1.01. The number of carbonyl (C=O) groups excluding carboxylic acids is 2. The van der Waals surface area contributed by atoms with E-state index in [9.17, 15) is 19.7 Å². The third-order valence-electron chi connectivity index (χ3n) is 9.84. The Morgan fingerprint density at radius 2 is 1.92 bits per heavy atom. The first-order valence-electron chi connectivity index (χ1n) is 14.7. The number of rotatable bonds is 9. The average molecular weight is 533 g/mol. The number of fused-ring (bicyclic) bond motifs is 1. The van der Waals surface area contributed by atoms with Gasteiger partial charge >= 0.3 is 5.97 Å². The molecule has 0 bridgehead atoms. The number of ether oxygens (including phenoxy) is 2. The molecule has 0 aromatic rings. The summed E-state index contributed by atoms with van der Waals surface area (Å²) in [5, 5.41) is 21.7. The third kappa shape index (κ3) is 5.63. The molecule has 0 radical (unpaired) electrons. The predicted molar refractivity (Wildman–Crippen MR) is 141 cm³/mol. The largest absolute Gasteiger partial charge is 0.464 e. The van der Waals surface area contributed by atoms with Crippen molar-refractivity contribution in [2.24, 2.45) is 17.8 Å². The molecule has 5 aliphatic rings. The SMILES string of the molecule is C=CC1C[C@]1(NC(=O)[C@@H]1CC(OC2CC(C3CCCCC3)NC3CCC([N+](=O)[O-])CC32)CN1)C(=O)OCC. The summed E-state index contributed by atoms with van der Waals surface area (Å²) in [5.74, 6) is 0.000627. The van der Waals surface area contributed by atoms with Crippen LogP contribution in [0.5, 0.6) is 0 Å². The molecule has 212 valence electrons. The summed E-state index contributed by atoms with van der Waals surface area (Å²) >= 11 is 0. The van der Waals surface area contributed by atoms with Gasteiger partial charge in [0.05, 0.1) is 24.9 Å². The van der Waals surface area contributed by atoms with Gasteiger partial charge in [-0.3, -0.25) is 14.9 Å². The first-order chi connectivity index (χ1) is 18.3. The Kier molecular flexibility index (Phi) is 8.40. The molecule has 5 rings (SSSR count). The lowest BCUT2D eigenvalue weighted by Crippen LogP contribution is -2.60. The molecule has 0 aromatic heterocycles. The van der Waals surface area contributed by atoms with Crippen molar-refractivity contribution in [2.45, 2.75) is 119 Å². The highest BCUT2D eigenvalue weighted by Gasteiger charge is 2.61. The van der Waals surface area contributed by atoms with Crippen LogP contribution in [0.4, 0.5) is 0 Å². The van der Waals surface area contributed by atoms with Crippen LogP contribution in [-0.2, 0) is 19.1 Å². The average Bonchev–Trinajstić information content (AvgIpc) is 3.44. The highest BCUT2D eigenvalue weighted by Crippen LogP contribution is 2.46. The van der Waals surface area contributed by atoms with Crippen LogP contribution in [0.1, 0.15) is 77.6 Å². The standard InChI is InChI=1S/C28H44N4O6/c1-3-18-15-28(18,27(34)37-4-2)31-26(33)24-13-20(16-29-24)38-25-14-23(17-8-6-5-7-9-17)30-22-11-10-19(32(35)36)12-21(22)25/h3,17-25,29-30H,1,4-16H2,2H3,(H,31,33)/t18?,19?,20?,21?,22?,23?,24-,25?,28+/m0/s1. The van der Waals surface area contributed by atoms with Crippen molar-refractivity contribution < 1.29 is 24.0 Å². The third-order valence-corrected chi connectivity index (χ3v) is 9.84. The van der Waals surface area contributed by atoms with Crippen LogP contribution in [0.3, 0.4) is 0 Å². The number of amides is 1. The van der Waals surface area contributed by atoms with Crippen LogP contribution in [-0.4, -0.2) is 71.9 Å². The molecule has 1 amide bonds. The second-order valence-corrected chi connectivity index (χ2v) is 12.2. The Morgan fingerprint density at radius 1 is 1.13 bits per heavy atom. The number of hydrogen-bond acceptors (Lipinski definition) is 8. The molecular formula is C28H44N4O6. The second-order valence-electron chi connectivity index (χ2n) is 12.2. The van der Waals surface area contributed by atoms with Gasteiger partial charge in [0.2, 0.25) is 11.9 Å². The van der Waals surface area contributed by atoms with Crippen LogP contribution < -0.4 is 16.0 Å². The normalized spacial score (nSPS) is 41.1. The van der Waals surface area contributed by atoms with Gasteiger partial charge in [-0.25, -0.2) is 4.79 Å². The molecule has 3 saturated carbocycles. The maximum absolute atomic E-state index is 13.2. The quantitative estimate of drug-likeness (QED) is 0.179. The lowest BCUT2D eigenvalue weighted by molar-refractivity contribution is -0.529. The minimum absolute atomic E-state index is 0.0519. The molecule has 38 heavy (non-hydrogen) atoms. The maximum atomic E-state index is 13.2. The zero-order valence-electron chi connectivity index (χ0n) is 22.6. The fraction of sp³-hybridized carbons (Fsp3) is 0.857. The summed E-state index contributed by atoms with van der Waals surface area (Å²) < 4.78 is 11.9. The van der Waals surface area contributed by atoms with Gasteiger partial charge in [0, 0.05) is 48.2 Å². The lowest BCUT2D eigenvalue weighted by atomic mass is 9.70. The van der Waals surface area contributed by atoms with E-state index in [2.05, 4.69) is 22.5 Å². The Balaban J connectivity index is 1.22. The van der Waals surface area contributed by atoms with Crippen molar-refractivity contribution in [3.63, 3.8) is 0 Å². The van der Waals surface area contributed by atoms with Gasteiger partial charge in [-0.15, -0.1) is 6.58 Å². The topological polar surface area (TPSA) is 132 Å². The molecule has 10 heteroatoms. The highest BCUT2D eigenvalue weighted by atomic mass is 16.6. The van der Waals surface area contributed by atoms with E-state index < -0.39 is 23.6 Å². The summed E-state index contributed by atoms with van der Waals surface area (Å²) in [6, 6.07) is -0.328. The molecule has 0 aromatic carbocycles. The van der Waals surface area contributed by atoms with Gasteiger partial charge in [-0.1, -0.05) is 25.3 Å². The van der Waals surface area contributed by atoms with Crippen LogP contribution in [0.2, 0.25) is 0 Å². The monoisotopic (exact) mass is 532 g/mol. The zero-order chi connectivity index (χ0) is 26.9. The van der Waals surface area contributed by atoms with E-state index in [0.29, 0.717) is 44.2 Å². The second kappa shape index (κ2) is 11.6. The van der Waals surface area contributed by atoms with Crippen LogP contribution in [0, 0.1) is 27.9 Å². The van der Waals surface area contributed by atoms with Crippen molar-refractivity contribution in [3.8, 4) is 0 Å². The van der Waals surface area contributed by atoms with Crippen molar-refractivity contribution in [2.75, 3.05) is 13.2 Å². The Morgan fingerprint density at radius 3 is 2.61 bits per heavy atom. The van der Waals surface area contributed by atoms with Gasteiger partial charge in [-0.05, 0) is 51.4 Å². The molecule has 10 nitrogen and oxygen atoms in total. The van der Waals surface area contributed by atoms with Crippen LogP contribution >= 0.6 is 0 Å². The fourth-order valence-corrected chi connectivity index (χ4v) is 7.60. The summed E-state index contributed by atoms with van der Waals surface area (Å²) in [7, 11) is 0. The molecule has 2 aliphatic heterocycles. The number of nitrogens with one attached hydrogen (secondary N) is 3. The number of carbonyl (C=O) groups is 2. The molecule has 9 atom stereocenters. The van der Waals surface area contributed by atoms with E-state index in [-0.39, 0.29) is 47.5 Å². The Hall–Kier alpha value is -2.04. The highest BCUT2D eigenvalue weighted by molar-refractivity contribution is 5.93.